The van der Waals surface area contributed by atoms with Gasteiger partial charge in [-0.05, 0) is 75.9 Å². The summed E-state index contributed by atoms with van der Waals surface area (Å²) >= 11 is 0. The van der Waals surface area contributed by atoms with E-state index in [0.717, 1.165) is 36.9 Å². The number of carbonyl (C=O) groups is 2. The largest absolute Gasteiger partial charge is 0.423 e. The molecule has 4 nitrogen and oxygen atoms in total. The summed E-state index contributed by atoms with van der Waals surface area (Å²) < 4.78 is 11.2. The van der Waals surface area contributed by atoms with Crippen LogP contribution in [0.4, 0.5) is 0 Å². The van der Waals surface area contributed by atoms with Gasteiger partial charge in [0.25, 0.3) is 0 Å². The quantitative estimate of drug-likeness (QED) is 0.156. The first-order valence-electron chi connectivity index (χ1n) is 11.3. The number of carbonyl (C=O) groups excluding carboxylic acids is 2. The number of aryl methyl sites for hydroxylation is 4. The van der Waals surface area contributed by atoms with Gasteiger partial charge in [-0.15, -0.1) is 0 Å². The van der Waals surface area contributed by atoms with E-state index in [1.165, 1.54) is 0 Å². The fourth-order valence-electron chi connectivity index (χ4n) is 3.70. The van der Waals surface area contributed by atoms with E-state index in [1.54, 1.807) is 13.8 Å². The van der Waals surface area contributed by atoms with Gasteiger partial charge in [-0.3, -0.25) is 0 Å². The summed E-state index contributed by atoms with van der Waals surface area (Å²) in [7, 11) is -0.431. The average molecular weight is 488 g/mol. The normalized spacial score (nSPS) is 10.7. The predicted molar refractivity (Wildman–Crippen MR) is 141 cm³/mol. The first-order chi connectivity index (χ1) is 16.5. The lowest BCUT2D eigenvalue weighted by Crippen LogP contribution is -2.13. The minimum absolute atomic E-state index is 0.357. The Morgan fingerprint density at radius 3 is 1.29 bits per heavy atom. The lowest BCUT2D eigenvalue weighted by atomic mass is 10.1. The highest BCUT2D eigenvalue weighted by Gasteiger charge is 2.31. The molecule has 0 saturated carbocycles. The molecule has 0 aromatic heterocycles. The molecule has 5 heteroatoms. The number of esters is 2. The van der Waals surface area contributed by atoms with Gasteiger partial charge in [0, 0.05) is 35.4 Å². The Balaban J connectivity index is 2.13. The third-order valence-electron chi connectivity index (χ3n) is 5.40. The van der Waals surface area contributed by atoms with E-state index >= 15 is 0 Å². The van der Waals surface area contributed by atoms with Crippen LogP contribution in [-0.4, -0.2) is 11.9 Å². The summed E-state index contributed by atoms with van der Waals surface area (Å²) in [6.45, 7) is 18.4. The molecule has 0 heterocycles. The van der Waals surface area contributed by atoms with Crippen LogP contribution in [-0.2, 0) is 20.5 Å². The molecule has 0 spiro atoms. The van der Waals surface area contributed by atoms with Crippen molar-refractivity contribution in [2.45, 2.75) is 56.2 Å². The Morgan fingerprint density at radius 2 is 0.971 bits per heavy atom. The van der Waals surface area contributed by atoms with Gasteiger partial charge >= 0.3 is 11.9 Å². The van der Waals surface area contributed by atoms with E-state index < -0.39 is 22.8 Å². The van der Waals surface area contributed by atoms with Crippen LogP contribution >= 0.6 is 0 Å². The highest BCUT2D eigenvalue weighted by molar-refractivity contribution is 7.97. The molecule has 0 atom stereocenters. The SMILES string of the molecule is C=C(C)C(=O)Oc1c(C)cc([S+](c2ccccc2)c2cc(C)c(OC(=O)C(=C)C)c(C)c2)cc1C. The van der Waals surface area contributed by atoms with Crippen molar-refractivity contribution in [1.29, 1.82) is 0 Å². The lowest BCUT2D eigenvalue weighted by Gasteiger charge is -2.16. The van der Waals surface area contributed by atoms with Crippen molar-refractivity contribution < 1.29 is 19.1 Å². The molecule has 0 fully saturated rings. The Bertz CT molecular complexity index is 1190. The van der Waals surface area contributed by atoms with E-state index in [-0.39, 0.29) is 0 Å². The maximum Gasteiger partial charge on any atom is 0.338 e. The molecule has 0 aliphatic carbocycles. The van der Waals surface area contributed by atoms with Crippen LogP contribution in [0.25, 0.3) is 0 Å². The van der Waals surface area contributed by atoms with E-state index in [1.807, 2.05) is 45.9 Å². The fourth-order valence-corrected chi connectivity index (χ4v) is 6.13. The van der Waals surface area contributed by atoms with Crippen LogP contribution in [0.15, 0.2) is 93.6 Å². The van der Waals surface area contributed by atoms with Crippen LogP contribution < -0.4 is 9.47 Å². The van der Waals surface area contributed by atoms with E-state index in [4.69, 9.17) is 9.47 Å². The monoisotopic (exact) mass is 487 g/mol. The first-order valence-corrected chi connectivity index (χ1v) is 12.5. The molecule has 0 amide bonds. The molecule has 3 aromatic rings. The van der Waals surface area contributed by atoms with Crippen molar-refractivity contribution in [2.24, 2.45) is 0 Å². The first kappa shape index (κ1) is 26.0. The number of rotatable bonds is 7. The fraction of sp³-hybridized carbons (Fsp3) is 0.200. The average Bonchev–Trinajstić information content (AvgIpc) is 2.79. The molecule has 0 aliphatic rings. The highest BCUT2D eigenvalue weighted by Crippen LogP contribution is 2.38. The minimum atomic E-state index is -0.433. The van der Waals surface area contributed by atoms with Crippen LogP contribution in [0, 0.1) is 27.7 Å². The lowest BCUT2D eigenvalue weighted by molar-refractivity contribution is -0.131. The van der Waals surface area contributed by atoms with E-state index in [9.17, 15) is 9.59 Å². The Hall–Kier alpha value is -3.57. The smallest absolute Gasteiger partial charge is 0.338 e. The van der Waals surface area contributed by atoms with Gasteiger partial charge in [-0.2, -0.15) is 0 Å². The molecule has 0 bridgehead atoms. The summed E-state index contributed by atoms with van der Waals surface area (Å²) in [4.78, 5) is 27.6. The van der Waals surface area contributed by atoms with E-state index in [2.05, 4.69) is 49.6 Å². The standard InChI is InChI=1S/C30H31O4S/c1-18(2)29(31)33-27-20(5)14-25(15-21(27)6)35(24-12-10-9-11-13-24)26-16-22(7)28(23(8)17-26)34-30(32)19(3)4/h9-17H,1,3H2,2,4-8H3/q+1. The highest BCUT2D eigenvalue weighted by atomic mass is 32.2. The van der Waals surface area contributed by atoms with Crippen molar-refractivity contribution in [3.05, 3.63) is 101 Å². The summed E-state index contributed by atoms with van der Waals surface area (Å²) in [5.41, 5.74) is 4.23. The summed E-state index contributed by atoms with van der Waals surface area (Å²) in [5.74, 6) is 0.259. The second-order valence-corrected chi connectivity index (χ2v) is 10.8. The second kappa shape index (κ2) is 10.8. The van der Waals surface area contributed by atoms with Crippen molar-refractivity contribution in [3.63, 3.8) is 0 Å². The molecular formula is C30H31O4S+. The molecule has 3 rings (SSSR count). The topological polar surface area (TPSA) is 52.6 Å². The number of benzene rings is 3. The summed E-state index contributed by atoms with van der Waals surface area (Å²) in [5, 5.41) is 0. The van der Waals surface area contributed by atoms with Gasteiger partial charge in [0.15, 0.2) is 14.7 Å². The summed E-state index contributed by atoms with van der Waals surface area (Å²) in [6, 6.07) is 18.6. The van der Waals surface area contributed by atoms with Gasteiger partial charge < -0.3 is 9.47 Å². The molecule has 3 aromatic carbocycles. The molecule has 0 radical (unpaired) electrons. The zero-order chi connectivity index (χ0) is 25.9. The molecular weight excluding hydrogens is 456 g/mol. The van der Waals surface area contributed by atoms with Gasteiger partial charge in [-0.1, -0.05) is 31.4 Å². The van der Waals surface area contributed by atoms with Crippen LogP contribution in [0.2, 0.25) is 0 Å². The molecule has 0 unspecified atom stereocenters. The molecule has 0 saturated heterocycles. The Labute approximate surface area is 210 Å². The van der Waals surface area contributed by atoms with Crippen molar-refractivity contribution in [1.82, 2.24) is 0 Å². The molecule has 35 heavy (non-hydrogen) atoms. The van der Waals surface area contributed by atoms with E-state index in [0.29, 0.717) is 22.6 Å². The van der Waals surface area contributed by atoms with Crippen LogP contribution in [0.5, 0.6) is 11.5 Å². The third-order valence-corrected chi connectivity index (χ3v) is 7.56. The predicted octanol–water partition coefficient (Wildman–Crippen LogP) is 6.98. The van der Waals surface area contributed by atoms with Crippen LogP contribution in [0.3, 0.4) is 0 Å². The number of hydrogen-bond donors (Lipinski definition) is 0. The zero-order valence-corrected chi connectivity index (χ0v) is 22.0. The van der Waals surface area contributed by atoms with Gasteiger partial charge in [0.1, 0.15) is 11.5 Å². The van der Waals surface area contributed by atoms with Crippen molar-refractivity contribution in [3.8, 4) is 11.5 Å². The Kier molecular flexibility index (Phi) is 8.03. The van der Waals surface area contributed by atoms with Gasteiger partial charge in [-0.25, -0.2) is 9.59 Å². The molecule has 0 aliphatic heterocycles. The van der Waals surface area contributed by atoms with Gasteiger partial charge in [0.05, 0.1) is 10.9 Å². The maximum absolute atomic E-state index is 12.1. The third kappa shape index (κ3) is 5.92. The number of ether oxygens (including phenoxy) is 2. The van der Waals surface area contributed by atoms with Crippen molar-refractivity contribution >= 4 is 22.8 Å². The maximum atomic E-state index is 12.1. The Morgan fingerprint density at radius 1 is 0.629 bits per heavy atom. The molecule has 180 valence electrons. The minimum Gasteiger partial charge on any atom is -0.423 e. The summed E-state index contributed by atoms with van der Waals surface area (Å²) in [6.07, 6.45) is 0. The second-order valence-electron chi connectivity index (χ2n) is 8.73. The molecule has 0 N–H and O–H groups in total. The van der Waals surface area contributed by atoms with Crippen LogP contribution in [0.1, 0.15) is 36.1 Å². The van der Waals surface area contributed by atoms with Gasteiger partial charge in [0.2, 0.25) is 0 Å². The zero-order valence-electron chi connectivity index (χ0n) is 21.2. The van der Waals surface area contributed by atoms with Crippen molar-refractivity contribution in [2.75, 3.05) is 0 Å². The number of hydrogen-bond acceptors (Lipinski definition) is 4.